The molecule has 2 atom stereocenters. The molecule has 8 heteroatoms. The maximum Gasteiger partial charge on any atom is 0.324 e. The third-order valence-corrected chi connectivity index (χ3v) is 6.20. The van der Waals surface area contributed by atoms with Gasteiger partial charge in [-0.25, -0.2) is 19.3 Å². The van der Waals surface area contributed by atoms with Crippen LogP contribution in [-0.2, 0) is 26.0 Å². The Morgan fingerprint density at radius 3 is 2.91 bits per heavy atom. The summed E-state index contributed by atoms with van der Waals surface area (Å²) in [4.78, 5) is 11.8. The van der Waals surface area contributed by atoms with Crippen molar-refractivity contribution in [3.63, 3.8) is 0 Å². The second kappa shape index (κ2) is 6.46. The van der Waals surface area contributed by atoms with Crippen LogP contribution in [0, 0.1) is 0 Å². The fraction of sp³-hybridized carbons (Fsp3) is 0.533. The third kappa shape index (κ3) is 3.06. The highest BCUT2D eigenvalue weighted by atomic mass is 32.2. The van der Waals surface area contributed by atoms with E-state index in [-0.39, 0.29) is 13.0 Å². The van der Waals surface area contributed by atoms with E-state index in [2.05, 4.69) is 10.9 Å². The summed E-state index contributed by atoms with van der Waals surface area (Å²) >= 11 is 0. The van der Waals surface area contributed by atoms with E-state index in [9.17, 15) is 13.2 Å². The van der Waals surface area contributed by atoms with Crippen LogP contribution in [0.25, 0.3) is 0 Å². The molecule has 0 saturated carbocycles. The molecule has 0 bridgehead atoms. The van der Waals surface area contributed by atoms with Crippen LogP contribution >= 0.6 is 0 Å². The molecule has 1 aromatic rings. The number of carbonyl (C=O) groups is 1. The molecule has 1 saturated heterocycles. The molecule has 2 unspecified atom stereocenters. The Morgan fingerprint density at radius 2 is 2.13 bits per heavy atom. The lowest BCUT2D eigenvalue weighted by Gasteiger charge is -2.32. The Labute approximate surface area is 136 Å². The second-order valence-electron chi connectivity index (χ2n) is 5.67. The molecule has 2 N–H and O–H groups in total. The number of carbonyl (C=O) groups excluding carboxylic acids is 1. The fourth-order valence-corrected chi connectivity index (χ4v) is 4.83. The van der Waals surface area contributed by atoms with E-state index in [1.165, 1.54) is 4.31 Å². The van der Waals surface area contributed by atoms with Crippen molar-refractivity contribution >= 4 is 21.7 Å². The predicted molar refractivity (Wildman–Crippen MR) is 86.1 cm³/mol. The zero-order chi connectivity index (χ0) is 16.4. The topological polar surface area (TPSA) is 87.7 Å². The smallest absolute Gasteiger partial charge is 0.324 e. The van der Waals surface area contributed by atoms with Crippen LogP contribution in [0.2, 0.25) is 0 Å². The molecule has 23 heavy (non-hydrogen) atoms. The summed E-state index contributed by atoms with van der Waals surface area (Å²) in [7, 11) is -3.60. The van der Waals surface area contributed by atoms with Crippen molar-refractivity contribution in [1.29, 1.82) is 0 Å². The lowest BCUT2D eigenvalue weighted by Crippen LogP contribution is -2.47. The van der Waals surface area contributed by atoms with Gasteiger partial charge in [-0.2, -0.15) is 0 Å². The number of esters is 1. The third-order valence-electron chi connectivity index (χ3n) is 4.17. The predicted octanol–water partition coefficient (Wildman–Crippen LogP) is 0.525. The minimum atomic E-state index is -3.60. The number of nitrogens with one attached hydrogen (secondary N) is 2. The first kappa shape index (κ1) is 16.2. The van der Waals surface area contributed by atoms with Crippen LogP contribution in [0.4, 0.5) is 5.69 Å². The number of ether oxygens (including phenoxy) is 1. The molecule has 2 heterocycles. The van der Waals surface area contributed by atoms with Crippen LogP contribution in [0.3, 0.4) is 0 Å². The number of rotatable bonds is 4. The first-order chi connectivity index (χ1) is 11.0. The molecule has 126 valence electrons. The zero-order valence-corrected chi connectivity index (χ0v) is 13.8. The number of hydrogen-bond acceptors (Lipinski definition) is 6. The maximum atomic E-state index is 12.9. The van der Waals surface area contributed by atoms with Crippen LogP contribution in [-0.4, -0.2) is 39.0 Å². The summed E-state index contributed by atoms with van der Waals surface area (Å²) in [5.41, 5.74) is 7.24. The van der Waals surface area contributed by atoms with Gasteiger partial charge in [0.25, 0.3) is 10.0 Å². The zero-order valence-electron chi connectivity index (χ0n) is 13.0. The van der Waals surface area contributed by atoms with Crippen LogP contribution in [0.5, 0.6) is 0 Å². The average Bonchev–Trinajstić information content (AvgIpc) is 3.05. The largest absolute Gasteiger partial charge is 0.465 e. The van der Waals surface area contributed by atoms with Gasteiger partial charge in [0.1, 0.15) is 11.4 Å². The van der Waals surface area contributed by atoms with Gasteiger partial charge < -0.3 is 4.74 Å². The van der Waals surface area contributed by atoms with Crippen molar-refractivity contribution in [2.75, 3.05) is 17.5 Å². The molecule has 0 radical (unpaired) electrons. The first-order valence-corrected chi connectivity index (χ1v) is 9.31. The van der Waals surface area contributed by atoms with E-state index < -0.39 is 27.4 Å². The molecule has 3 rings (SSSR count). The number of fused-ring (bicyclic) bond motifs is 1. The van der Waals surface area contributed by atoms with E-state index in [4.69, 9.17) is 4.74 Å². The van der Waals surface area contributed by atoms with Gasteiger partial charge in [-0.1, -0.05) is 18.2 Å². The van der Waals surface area contributed by atoms with Gasteiger partial charge in [-0.3, -0.25) is 9.10 Å². The van der Waals surface area contributed by atoms with Gasteiger partial charge in [0, 0.05) is 13.0 Å². The molecule has 1 aromatic carbocycles. The molecule has 0 amide bonds. The summed E-state index contributed by atoms with van der Waals surface area (Å²) in [6, 6.07) is 6.90. The quantitative estimate of drug-likeness (QED) is 0.778. The molecular weight excluding hydrogens is 318 g/mol. The molecule has 0 aromatic heterocycles. The highest BCUT2D eigenvalue weighted by Crippen LogP contribution is 2.31. The molecule has 0 aliphatic carbocycles. The summed E-state index contributed by atoms with van der Waals surface area (Å²) in [5, 5.41) is -0.844. The first-order valence-electron chi connectivity index (χ1n) is 7.81. The van der Waals surface area contributed by atoms with E-state index in [1.807, 2.05) is 24.3 Å². The average molecular weight is 339 g/mol. The van der Waals surface area contributed by atoms with E-state index in [1.54, 1.807) is 6.92 Å². The summed E-state index contributed by atoms with van der Waals surface area (Å²) in [5.74, 6) is -0.434. The van der Waals surface area contributed by atoms with E-state index >= 15 is 0 Å². The van der Waals surface area contributed by atoms with Gasteiger partial charge in [-0.05, 0) is 31.4 Å². The number of hydrazine groups is 1. The minimum absolute atomic E-state index is 0.153. The van der Waals surface area contributed by atoms with Gasteiger partial charge >= 0.3 is 5.97 Å². The molecule has 0 spiro atoms. The number of aryl methyl sites for hydroxylation is 1. The summed E-state index contributed by atoms with van der Waals surface area (Å²) < 4.78 is 32.3. The van der Waals surface area contributed by atoms with Crippen molar-refractivity contribution in [1.82, 2.24) is 10.9 Å². The number of para-hydroxylation sites is 1. The molecule has 2 aliphatic rings. The number of sulfonamides is 1. The van der Waals surface area contributed by atoms with Crippen LogP contribution in [0.15, 0.2) is 24.3 Å². The van der Waals surface area contributed by atoms with Crippen LogP contribution < -0.4 is 15.2 Å². The number of nitrogens with zero attached hydrogens (tertiary/aromatic N) is 1. The Bertz CT molecular complexity index is 692. The van der Waals surface area contributed by atoms with Crippen molar-refractivity contribution in [3.8, 4) is 0 Å². The van der Waals surface area contributed by atoms with E-state index in [0.717, 1.165) is 24.1 Å². The Morgan fingerprint density at radius 1 is 1.35 bits per heavy atom. The molecule has 1 fully saturated rings. The molecular formula is C15H21N3O4S. The SMILES string of the molecule is CCOC(=O)C1CC(S(=O)(=O)N2CCCc3ccccc32)NN1. The van der Waals surface area contributed by atoms with Gasteiger partial charge in [0.2, 0.25) is 0 Å². The highest BCUT2D eigenvalue weighted by molar-refractivity contribution is 7.93. The number of benzene rings is 1. The monoisotopic (exact) mass is 339 g/mol. The van der Waals surface area contributed by atoms with Crippen molar-refractivity contribution in [3.05, 3.63) is 29.8 Å². The Hall–Kier alpha value is -1.64. The Kier molecular flexibility index (Phi) is 4.56. The number of anilines is 1. The maximum absolute atomic E-state index is 12.9. The fourth-order valence-electron chi connectivity index (χ4n) is 3.04. The van der Waals surface area contributed by atoms with E-state index in [0.29, 0.717) is 6.54 Å². The minimum Gasteiger partial charge on any atom is -0.465 e. The summed E-state index contributed by atoms with van der Waals surface area (Å²) in [6.07, 6.45) is 1.82. The van der Waals surface area contributed by atoms with Gasteiger partial charge in [0.15, 0.2) is 0 Å². The van der Waals surface area contributed by atoms with Crippen LogP contribution in [0.1, 0.15) is 25.3 Å². The standard InChI is InChI=1S/C15H21N3O4S/c1-2-22-15(19)12-10-14(17-16-12)23(20,21)18-9-5-7-11-6-3-4-8-13(11)18/h3-4,6,8,12,14,16-17H,2,5,7,9-10H2,1H3. The summed E-state index contributed by atoms with van der Waals surface area (Å²) in [6.45, 7) is 2.45. The van der Waals surface area contributed by atoms with Crippen molar-refractivity contribution in [2.45, 2.75) is 37.6 Å². The number of hydrogen-bond donors (Lipinski definition) is 2. The molecule has 7 nitrogen and oxygen atoms in total. The second-order valence-corrected chi connectivity index (χ2v) is 7.71. The van der Waals surface area contributed by atoms with Gasteiger partial charge in [-0.15, -0.1) is 0 Å². The molecule has 2 aliphatic heterocycles. The lowest BCUT2D eigenvalue weighted by atomic mass is 10.0. The van der Waals surface area contributed by atoms with Crippen molar-refractivity contribution in [2.24, 2.45) is 0 Å². The highest BCUT2D eigenvalue weighted by Gasteiger charge is 2.41. The van der Waals surface area contributed by atoms with Gasteiger partial charge in [0.05, 0.1) is 12.3 Å². The Balaban J connectivity index is 1.80. The normalized spacial score (nSPS) is 24.3. The lowest BCUT2D eigenvalue weighted by molar-refractivity contribution is -0.145. The van der Waals surface area contributed by atoms with Crippen molar-refractivity contribution < 1.29 is 17.9 Å².